The minimum Gasteiger partial charge on any atom is -0.550 e. The van der Waals surface area contributed by atoms with Gasteiger partial charge in [0.15, 0.2) is 0 Å². The van der Waals surface area contributed by atoms with Crippen LogP contribution in [0.5, 0.6) is 0 Å². The molecule has 0 N–H and O–H groups in total. The van der Waals surface area contributed by atoms with Crippen LogP contribution in [-0.4, -0.2) is 52.3 Å². The largest absolute Gasteiger partial charge is 0.550 e. The van der Waals surface area contributed by atoms with Crippen molar-refractivity contribution in [2.45, 2.75) is 19.8 Å². The molecule has 0 aromatic heterocycles. The maximum Gasteiger partial charge on any atom is 0.105 e. The van der Waals surface area contributed by atoms with E-state index in [-0.39, 0.29) is 27.3 Å². The minimum absolute atomic E-state index is 0. The molecule has 2 aromatic carbocycles. The molecular formula is C25H24O7Pb-3. The third-order valence-electron chi connectivity index (χ3n) is 3.42. The van der Waals surface area contributed by atoms with Crippen molar-refractivity contribution >= 4 is 45.2 Å². The molecule has 0 amide bonds. The minimum atomic E-state index is -1.08. The van der Waals surface area contributed by atoms with Crippen molar-refractivity contribution in [3.63, 3.8) is 0 Å². The number of carboxylic acids is 3. The second-order valence-corrected chi connectivity index (χ2v) is 6.00. The van der Waals surface area contributed by atoms with Gasteiger partial charge in [0.05, 0.1) is 19.5 Å². The Morgan fingerprint density at radius 1 is 0.788 bits per heavy atom. The normalized spacial score (nSPS) is 10.4. The van der Waals surface area contributed by atoms with Gasteiger partial charge in [-0.2, -0.15) is 0 Å². The molecule has 3 rings (SSSR count). The Balaban J connectivity index is 0. The van der Waals surface area contributed by atoms with Gasteiger partial charge in [0, 0.05) is 45.2 Å². The molecule has 0 aliphatic heterocycles. The molecule has 0 spiro atoms. The predicted molar refractivity (Wildman–Crippen MR) is 119 cm³/mol. The van der Waals surface area contributed by atoms with Crippen molar-refractivity contribution in [1.29, 1.82) is 0 Å². The summed E-state index contributed by atoms with van der Waals surface area (Å²) >= 11 is 0. The summed E-state index contributed by atoms with van der Waals surface area (Å²) in [7, 11) is 1.65. The van der Waals surface area contributed by atoms with E-state index >= 15 is 0 Å². The number of hydrogen-bond donors (Lipinski definition) is 0. The zero-order valence-corrected chi connectivity index (χ0v) is 22.4. The van der Waals surface area contributed by atoms with Crippen LogP contribution in [-0.2, 0) is 19.1 Å². The average Bonchev–Trinajstić information content (AvgIpc) is 2.75. The summed E-state index contributed by atoms with van der Waals surface area (Å²) in [6.45, 7) is 1.94. The fourth-order valence-corrected chi connectivity index (χ4v) is 2.26. The van der Waals surface area contributed by atoms with Crippen LogP contribution in [0.4, 0.5) is 0 Å². The maximum atomic E-state index is 11.2. The van der Waals surface area contributed by atoms with Crippen LogP contribution < -0.4 is 15.3 Å². The number of allylic oxidation sites excluding steroid dienone is 2. The van der Waals surface area contributed by atoms with Crippen LogP contribution in [0, 0.1) is 6.42 Å². The van der Waals surface area contributed by atoms with Gasteiger partial charge in [-0.15, -0.1) is 5.73 Å². The molecule has 0 fully saturated rings. The summed E-state index contributed by atoms with van der Waals surface area (Å²) < 4.78 is 4.89. The van der Waals surface area contributed by atoms with Gasteiger partial charge in [-0.3, -0.25) is 0 Å². The topological polar surface area (TPSA) is 130 Å². The third kappa shape index (κ3) is 17.1. The summed E-state index contributed by atoms with van der Waals surface area (Å²) in [6.07, 6.45) is 7.36. The van der Waals surface area contributed by atoms with E-state index in [1.54, 1.807) is 31.4 Å². The molecule has 8 heteroatoms. The predicted octanol–water partition coefficient (Wildman–Crippen LogP) is 0.146. The molecule has 0 bridgehead atoms. The van der Waals surface area contributed by atoms with Crippen molar-refractivity contribution in [3.8, 4) is 0 Å². The number of carbonyl (C=O) groups excluding carboxylic acids is 3. The van der Waals surface area contributed by atoms with Gasteiger partial charge in [-0.1, -0.05) is 60.7 Å². The van der Waals surface area contributed by atoms with Crippen molar-refractivity contribution in [1.82, 2.24) is 0 Å². The van der Waals surface area contributed by atoms with Gasteiger partial charge in [0.25, 0.3) is 0 Å². The van der Waals surface area contributed by atoms with Crippen molar-refractivity contribution in [2.75, 3.05) is 7.11 Å². The summed E-state index contributed by atoms with van der Waals surface area (Å²) in [5.41, 5.74) is 4.38. The van der Waals surface area contributed by atoms with E-state index in [0.29, 0.717) is 0 Å². The first-order chi connectivity index (χ1) is 15.2. The van der Waals surface area contributed by atoms with Crippen LogP contribution in [0.1, 0.15) is 30.9 Å². The monoisotopic (exact) mass is 644 g/mol. The molecule has 0 atom stereocenters. The van der Waals surface area contributed by atoms with E-state index in [9.17, 15) is 9.90 Å². The zero-order valence-electron chi connectivity index (χ0n) is 18.5. The molecule has 0 saturated heterocycles. The molecule has 33 heavy (non-hydrogen) atoms. The molecule has 1 aliphatic rings. The number of carboxylic acid groups (broad SMARTS) is 3. The second-order valence-electron chi connectivity index (χ2n) is 6.00. The van der Waals surface area contributed by atoms with Gasteiger partial charge >= 0.3 is 0 Å². The number of ether oxygens (including phenoxy) is 1. The molecular weight excluding hydrogens is 619 g/mol. The molecule has 0 saturated carbocycles. The van der Waals surface area contributed by atoms with E-state index in [2.05, 4.69) is 5.73 Å². The molecule has 173 valence electrons. The molecule has 1 aliphatic carbocycles. The Bertz CT molecular complexity index is 872. The smallest absolute Gasteiger partial charge is 0.105 e. The van der Waals surface area contributed by atoms with E-state index in [4.69, 9.17) is 24.5 Å². The fourth-order valence-electron chi connectivity index (χ4n) is 2.26. The Labute approximate surface area is 213 Å². The third-order valence-corrected chi connectivity index (χ3v) is 3.42. The Morgan fingerprint density at radius 3 is 1.42 bits per heavy atom. The Hall–Kier alpha value is -3.17. The molecule has 5 radical (unpaired) electrons. The standard InChI is InChI=1S/C14H12O2.C7H7O.2C2H4O2.Pb/c15-14(16)13(11-7-3-1-4-8-11)12-9-5-2-6-10-12;1-8-7-5-3-2-4-6-7;2*1-2(3)4;/h1-10,13H,(H,15,16);3-6H,1H3;2*1H3,(H,3,4);/p-3. The second kappa shape index (κ2) is 19.5. The number of methoxy groups -OCH3 is 1. The van der Waals surface area contributed by atoms with Gasteiger partial charge in [-0.25, -0.2) is 0 Å². The van der Waals surface area contributed by atoms with Crippen LogP contribution in [0.25, 0.3) is 0 Å². The van der Waals surface area contributed by atoms with Gasteiger partial charge < -0.3 is 34.4 Å². The molecule has 2 aromatic rings. The SMILES string of the molecule is CC(=O)[O-].CC(=O)[O-].COC1=CC=C=C[CH]1.O=C([O-])C(c1ccccc1)c1ccccc1.[Pb]. The van der Waals surface area contributed by atoms with Crippen molar-refractivity contribution in [2.24, 2.45) is 0 Å². The molecule has 0 unspecified atom stereocenters. The summed E-state index contributed by atoms with van der Waals surface area (Å²) in [6, 6.07) is 18.2. The molecule has 0 heterocycles. The van der Waals surface area contributed by atoms with Crippen LogP contribution in [0.15, 0.2) is 90.4 Å². The Kier molecular flexibility index (Phi) is 18.9. The first-order valence-electron chi connectivity index (χ1n) is 9.35. The molecule has 7 nitrogen and oxygen atoms in total. The van der Waals surface area contributed by atoms with E-state index in [1.165, 1.54) is 0 Å². The average molecular weight is 644 g/mol. The summed E-state index contributed by atoms with van der Waals surface area (Å²) in [5.74, 6) is -3.05. The van der Waals surface area contributed by atoms with Gasteiger partial charge in [0.2, 0.25) is 0 Å². The number of rotatable bonds is 4. The first-order valence-corrected chi connectivity index (χ1v) is 9.35. The van der Waals surface area contributed by atoms with E-state index < -0.39 is 23.8 Å². The van der Waals surface area contributed by atoms with E-state index in [0.717, 1.165) is 30.7 Å². The zero-order chi connectivity index (χ0) is 24.4. The van der Waals surface area contributed by atoms with Gasteiger partial charge in [0.1, 0.15) is 5.76 Å². The summed E-state index contributed by atoms with van der Waals surface area (Å²) in [4.78, 5) is 29.0. The van der Waals surface area contributed by atoms with Crippen molar-refractivity contribution in [3.05, 3.63) is 108 Å². The van der Waals surface area contributed by atoms with Gasteiger partial charge in [-0.05, 0) is 43.2 Å². The maximum absolute atomic E-state index is 11.2. The van der Waals surface area contributed by atoms with Crippen LogP contribution >= 0.6 is 0 Å². The summed E-state index contributed by atoms with van der Waals surface area (Å²) in [5, 5.41) is 29.0. The number of carbonyl (C=O) groups is 3. The van der Waals surface area contributed by atoms with Crippen LogP contribution in [0.3, 0.4) is 0 Å². The first kappa shape index (κ1) is 32.0. The number of benzene rings is 2. The number of aliphatic carboxylic acids is 3. The Morgan fingerprint density at radius 2 is 1.18 bits per heavy atom. The van der Waals surface area contributed by atoms with E-state index in [1.807, 2.05) is 61.0 Å². The quantitative estimate of drug-likeness (QED) is 0.343. The van der Waals surface area contributed by atoms with Crippen molar-refractivity contribution < 1.29 is 34.4 Å². The van der Waals surface area contributed by atoms with Crippen LogP contribution in [0.2, 0.25) is 0 Å². The fraction of sp³-hybridized carbons (Fsp3) is 0.160. The number of hydrogen-bond acceptors (Lipinski definition) is 7.